The van der Waals surface area contributed by atoms with Crippen molar-refractivity contribution in [3.05, 3.63) is 35.4 Å². The van der Waals surface area contributed by atoms with Crippen LogP contribution in [0.5, 0.6) is 0 Å². The normalized spacial score (nSPS) is 15.8. The molecule has 102 valence electrons. The minimum Gasteiger partial charge on any atom is -0.272 e. The van der Waals surface area contributed by atoms with Gasteiger partial charge >= 0.3 is 0 Å². The second kappa shape index (κ2) is 6.00. The van der Waals surface area contributed by atoms with Gasteiger partial charge < -0.3 is 0 Å². The Balaban J connectivity index is 2.03. The third-order valence-electron chi connectivity index (χ3n) is 3.74. The largest absolute Gasteiger partial charge is 0.272 e. The second-order valence-corrected chi connectivity index (χ2v) is 5.22. The van der Waals surface area contributed by atoms with Gasteiger partial charge in [-0.1, -0.05) is 44.7 Å². The van der Waals surface area contributed by atoms with E-state index in [2.05, 4.69) is 6.92 Å². The van der Waals surface area contributed by atoms with Crippen LogP contribution in [0.1, 0.15) is 66.7 Å². The van der Waals surface area contributed by atoms with E-state index in [0.29, 0.717) is 11.1 Å². The molecule has 2 amide bonds. The first-order valence-corrected chi connectivity index (χ1v) is 7.13. The number of fused-ring (bicyclic) bond motifs is 1. The zero-order valence-corrected chi connectivity index (χ0v) is 11.7. The number of rotatable bonds is 6. The van der Waals surface area contributed by atoms with Crippen molar-refractivity contribution < 1.29 is 9.59 Å². The molecule has 2 rings (SSSR count). The predicted molar refractivity (Wildman–Crippen MR) is 75.2 cm³/mol. The van der Waals surface area contributed by atoms with Crippen LogP contribution >= 0.6 is 0 Å². The van der Waals surface area contributed by atoms with E-state index in [9.17, 15) is 9.59 Å². The second-order valence-electron chi connectivity index (χ2n) is 5.22. The molecule has 0 aliphatic carbocycles. The van der Waals surface area contributed by atoms with Crippen LogP contribution < -0.4 is 0 Å². The number of carbonyl (C=O) groups excluding carboxylic acids is 2. The Bertz CT molecular complexity index is 446. The molecule has 0 saturated carbocycles. The lowest BCUT2D eigenvalue weighted by Gasteiger charge is -2.22. The number of unbranched alkanes of at least 4 members (excludes halogenated alkanes) is 3. The Hall–Kier alpha value is -1.64. The predicted octanol–water partition coefficient (Wildman–Crippen LogP) is 3.64. The monoisotopic (exact) mass is 259 g/mol. The molecule has 1 heterocycles. The van der Waals surface area contributed by atoms with Gasteiger partial charge in [-0.15, -0.1) is 0 Å². The van der Waals surface area contributed by atoms with Gasteiger partial charge in [-0.25, -0.2) is 0 Å². The molecule has 1 aromatic carbocycles. The quantitative estimate of drug-likeness (QED) is 0.577. The van der Waals surface area contributed by atoms with Crippen LogP contribution in [-0.2, 0) is 0 Å². The van der Waals surface area contributed by atoms with E-state index in [0.717, 1.165) is 12.8 Å². The average Bonchev–Trinajstić information content (AvgIpc) is 2.68. The van der Waals surface area contributed by atoms with Gasteiger partial charge in [0, 0.05) is 6.04 Å². The van der Waals surface area contributed by atoms with Crippen LogP contribution in [0.2, 0.25) is 0 Å². The highest BCUT2D eigenvalue weighted by Gasteiger charge is 2.37. The maximum absolute atomic E-state index is 12.2. The molecule has 0 unspecified atom stereocenters. The minimum absolute atomic E-state index is 0.00995. The molecule has 1 aliphatic rings. The third kappa shape index (κ3) is 2.70. The number of hydrogen-bond acceptors (Lipinski definition) is 2. The van der Waals surface area contributed by atoms with Crippen LogP contribution in [0.25, 0.3) is 0 Å². The molecular formula is C16H21NO2. The summed E-state index contributed by atoms with van der Waals surface area (Å²) < 4.78 is 0. The highest BCUT2D eigenvalue weighted by atomic mass is 16.2. The Morgan fingerprint density at radius 2 is 1.58 bits per heavy atom. The van der Waals surface area contributed by atoms with Crippen LogP contribution in [0.4, 0.5) is 0 Å². The lowest BCUT2D eigenvalue weighted by atomic mass is 10.1. The fourth-order valence-corrected chi connectivity index (χ4v) is 2.60. The Morgan fingerprint density at radius 3 is 2.11 bits per heavy atom. The molecule has 0 fully saturated rings. The van der Waals surface area contributed by atoms with Crippen molar-refractivity contribution in [2.24, 2.45) is 0 Å². The van der Waals surface area contributed by atoms with Gasteiger partial charge in [-0.2, -0.15) is 0 Å². The van der Waals surface area contributed by atoms with Crippen LogP contribution in [0, 0.1) is 0 Å². The van der Waals surface area contributed by atoms with Crippen molar-refractivity contribution in [1.82, 2.24) is 4.90 Å². The van der Waals surface area contributed by atoms with Gasteiger partial charge in [0.25, 0.3) is 11.8 Å². The van der Waals surface area contributed by atoms with E-state index < -0.39 is 0 Å². The first kappa shape index (κ1) is 13.8. The summed E-state index contributed by atoms with van der Waals surface area (Å²) in [5.41, 5.74) is 1.10. The van der Waals surface area contributed by atoms with E-state index in [4.69, 9.17) is 0 Å². The summed E-state index contributed by atoms with van der Waals surface area (Å²) in [6.07, 6.45) is 5.55. The number of benzene rings is 1. The SMILES string of the molecule is CCCCCC[C@H](C)N1C(=O)c2ccccc2C1=O. The first-order chi connectivity index (χ1) is 9.16. The molecule has 19 heavy (non-hydrogen) atoms. The summed E-state index contributed by atoms with van der Waals surface area (Å²) in [4.78, 5) is 25.9. The molecule has 0 bridgehead atoms. The maximum Gasteiger partial charge on any atom is 0.261 e. The topological polar surface area (TPSA) is 37.4 Å². The maximum atomic E-state index is 12.2. The molecule has 1 atom stereocenters. The van der Waals surface area contributed by atoms with Crippen molar-refractivity contribution in [2.45, 2.75) is 52.0 Å². The van der Waals surface area contributed by atoms with E-state index >= 15 is 0 Å². The fourth-order valence-electron chi connectivity index (χ4n) is 2.60. The number of imide groups is 1. The molecule has 3 heteroatoms. The number of carbonyl (C=O) groups is 2. The number of hydrogen-bond donors (Lipinski definition) is 0. The van der Waals surface area contributed by atoms with Gasteiger partial charge in [-0.3, -0.25) is 14.5 Å². The van der Waals surface area contributed by atoms with Crippen molar-refractivity contribution in [1.29, 1.82) is 0 Å². The molecule has 0 radical (unpaired) electrons. The van der Waals surface area contributed by atoms with E-state index in [-0.39, 0.29) is 17.9 Å². The van der Waals surface area contributed by atoms with Crippen LogP contribution in [-0.4, -0.2) is 22.8 Å². The van der Waals surface area contributed by atoms with Crippen LogP contribution in [0.3, 0.4) is 0 Å². The molecule has 0 saturated heterocycles. The van der Waals surface area contributed by atoms with Gasteiger partial charge in [-0.05, 0) is 25.5 Å². The van der Waals surface area contributed by atoms with Crippen molar-refractivity contribution in [3.8, 4) is 0 Å². The molecule has 1 aliphatic heterocycles. The van der Waals surface area contributed by atoms with E-state index in [1.54, 1.807) is 24.3 Å². The third-order valence-corrected chi connectivity index (χ3v) is 3.74. The fraction of sp³-hybridized carbons (Fsp3) is 0.500. The number of nitrogens with zero attached hydrogens (tertiary/aromatic N) is 1. The van der Waals surface area contributed by atoms with Crippen molar-refractivity contribution in [3.63, 3.8) is 0 Å². The van der Waals surface area contributed by atoms with Gasteiger partial charge in [0.2, 0.25) is 0 Å². The molecule has 0 aromatic heterocycles. The number of amides is 2. The summed E-state index contributed by atoms with van der Waals surface area (Å²) in [5, 5.41) is 0. The lowest BCUT2D eigenvalue weighted by molar-refractivity contribution is 0.0588. The molecule has 1 aromatic rings. The average molecular weight is 259 g/mol. The minimum atomic E-state index is -0.136. The van der Waals surface area contributed by atoms with Gasteiger partial charge in [0.15, 0.2) is 0 Å². The summed E-state index contributed by atoms with van der Waals surface area (Å²) in [5.74, 6) is -0.271. The Morgan fingerprint density at radius 1 is 1.00 bits per heavy atom. The lowest BCUT2D eigenvalue weighted by Crippen LogP contribution is -2.37. The van der Waals surface area contributed by atoms with Crippen molar-refractivity contribution >= 4 is 11.8 Å². The summed E-state index contributed by atoms with van der Waals surface area (Å²) in [7, 11) is 0. The van der Waals surface area contributed by atoms with E-state index in [1.165, 1.54) is 24.2 Å². The zero-order chi connectivity index (χ0) is 13.8. The Kier molecular flexibility index (Phi) is 4.35. The first-order valence-electron chi connectivity index (χ1n) is 7.13. The Labute approximate surface area is 114 Å². The molecular weight excluding hydrogens is 238 g/mol. The van der Waals surface area contributed by atoms with Gasteiger partial charge in [0.05, 0.1) is 11.1 Å². The molecule has 0 N–H and O–H groups in total. The summed E-state index contributed by atoms with van der Waals surface area (Å²) in [6, 6.07) is 7.07. The zero-order valence-electron chi connectivity index (χ0n) is 11.7. The summed E-state index contributed by atoms with van der Waals surface area (Å²) >= 11 is 0. The summed E-state index contributed by atoms with van der Waals surface area (Å²) in [6.45, 7) is 4.14. The highest BCUT2D eigenvalue weighted by molar-refractivity contribution is 6.21. The highest BCUT2D eigenvalue weighted by Crippen LogP contribution is 2.26. The van der Waals surface area contributed by atoms with Crippen molar-refractivity contribution in [2.75, 3.05) is 0 Å². The molecule has 0 spiro atoms. The van der Waals surface area contributed by atoms with E-state index in [1.807, 2.05) is 6.92 Å². The van der Waals surface area contributed by atoms with Crippen LogP contribution in [0.15, 0.2) is 24.3 Å². The van der Waals surface area contributed by atoms with Gasteiger partial charge in [0.1, 0.15) is 0 Å². The standard InChI is InChI=1S/C16H21NO2/c1-3-4-5-6-9-12(2)17-15(18)13-10-7-8-11-14(13)16(17)19/h7-8,10-12H,3-6,9H2,1-2H3/t12-/m0/s1. The molecule has 3 nitrogen and oxygen atoms in total. The smallest absolute Gasteiger partial charge is 0.261 e.